The van der Waals surface area contributed by atoms with E-state index in [0.717, 1.165) is 13.1 Å². The van der Waals surface area contributed by atoms with Gasteiger partial charge in [-0.05, 0) is 18.2 Å². The maximum absolute atomic E-state index is 12.6. The summed E-state index contributed by atoms with van der Waals surface area (Å²) in [5.41, 5.74) is 0.705. The molecule has 0 radical (unpaired) electrons. The number of halogens is 1. The molecule has 0 bridgehead atoms. The molecule has 124 valence electrons. The molecule has 0 saturated carbocycles. The molecule has 0 unspecified atom stereocenters. The Morgan fingerprint density at radius 1 is 1.35 bits per heavy atom. The van der Waals surface area contributed by atoms with Gasteiger partial charge in [0.25, 0.3) is 0 Å². The summed E-state index contributed by atoms with van der Waals surface area (Å²) in [6.45, 7) is 3.44. The van der Waals surface area contributed by atoms with E-state index in [9.17, 15) is 9.59 Å². The zero-order valence-electron chi connectivity index (χ0n) is 13.0. The van der Waals surface area contributed by atoms with E-state index in [0.29, 0.717) is 36.1 Å². The predicted molar refractivity (Wildman–Crippen MR) is 87.9 cm³/mol. The van der Waals surface area contributed by atoms with Crippen LogP contribution in [0.5, 0.6) is 5.75 Å². The van der Waals surface area contributed by atoms with Crippen LogP contribution in [0.15, 0.2) is 18.2 Å². The fraction of sp³-hybridized carbons (Fsp3) is 0.500. The number of hydrogen-bond donors (Lipinski definition) is 1. The number of nitrogens with zero attached hydrogens (tertiary/aromatic N) is 2. The van der Waals surface area contributed by atoms with Crippen molar-refractivity contribution in [2.45, 2.75) is 6.42 Å². The molecule has 0 spiro atoms. The van der Waals surface area contributed by atoms with E-state index in [2.05, 4.69) is 5.32 Å². The topological polar surface area (TPSA) is 61.9 Å². The molecule has 6 nitrogen and oxygen atoms in total. The van der Waals surface area contributed by atoms with Crippen molar-refractivity contribution >= 4 is 29.1 Å². The molecule has 7 heteroatoms. The fourth-order valence-electron chi connectivity index (χ4n) is 3.09. The molecule has 2 saturated heterocycles. The Hall–Kier alpha value is -1.79. The highest BCUT2D eigenvalue weighted by atomic mass is 35.5. The minimum atomic E-state index is -0.276. The van der Waals surface area contributed by atoms with E-state index in [1.165, 1.54) is 0 Å². The first-order valence-corrected chi connectivity index (χ1v) is 8.11. The van der Waals surface area contributed by atoms with E-state index in [1.54, 1.807) is 30.2 Å². The van der Waals surface area contributed by atoms with Gasteiger partial charge in [-0.2, -0.15) is 0 Å². The number of benzene rings is 1. The Labute approximate surface area is 140 Å². The average Bonchev–Trinajstić information content (AvgIpc) is 2.96. The maximum Gasteiger partial charge on any atom is 0.228 e. The van der Waals surface area contributed by atoms with Crippen LogP contribution in [0.2, 0.25) is 5.02 Å². The molecule has 2 aliphatic heterocycles. The summed E-state index contributed by atoms with van der Waals surface area (Å²) < 4.78 is 5.13. The van der Waals surface area contributed by atoms with Gasteiger partial charge >= 0.3 is 0 Å². The van der Waals surface area contributed by atoms with E-state index >= 15 is 0 Å². The van der Waals surface area contributed by atoms with Crippen LogP contribution in [0, 0.1) is 5.92 Å². The highest BCUT2D eigenvalue weighted by Crippen LogP contribution is 2.32. The number of hydrogen-bond acceptors (Lipinski definition) is 4. The molecule has 23 heavy (non-hydrogen) atoms. The second-order valence-corrected chi connectivity index (χ2v) is 6.21. The van der Waals surface area contributed by atoms with Gasteiger partial charge < -0.3 is 19.9 Å². The summed E-state index contributed by atoms with van der Waals surface area (Å²) >= 11 is 6.13. The van der Waals surface area contributed by atoms with Crippen molar-refractivity contribution in [3.63, 3.8) is 0 Å². The Morgan fingerprint density at radius 2 is 2.09 bits per heavy atom. The molecule has 2 heterocycles. The van der Waals surface area contributed by atoms with Gasteiger partial charge in [-0.3, -0.25) is 9.59 Å². The Morgan fingerprint density at radius 3 is 2.74 bits per heavy atom. The Kier molecular flexibility index (Phi) is 4.73. The van der Waals surface area contributed by atoms with Crippen LogP contribution >= 0.6 is 11.6 Å². The third-order valence-corrected chi connectivity index (χ3v) is 4.65. The minimum Gasteiger partial charge on any atom is -0.495 e. The number of carbonyl (C=O) groups excluding carboxylic acids is 2. The van der Waals surface area contributed by atoms with E-state index < -0.39 is 0 Å². The highest BCUT2D eigenvalue weighted by Gasteiger charge is 2.37. The van der Waals surface area contributed by atoms with Gasteiger partial charge in [0.15, 0.2) is 0 Å². The number of nitrogens with one attached hydrogen (secondary N) is 1. The van der Waals surface area contributed by atoms with Crippen LogP contribution < -0.4 is 15.0 Å². The zero-order chi connectivity index (χ0) is 16.4. The van der Waals surface area contributed by atoms with Gasteiger partial charge in [0, 0.05) is 44.8 Å². The lowest BCUT2D eigenvalue weighted by atomic mass is 10.1. The van der Waals surface area contributed by atoms with Gasteiger partial charge in [0.2, 0.25) is 11.8 Å². The number of anilines is 1. The first-order valence-electron chi connectivity index (χ1n) is 7.73. The third-order valence-electron chi connectivity index (χ3n) is 4.35. The number of rotatable bonds is 3. The molecule has 0 aromatic heterocycles. The van der Waals surface area contributed by atoms with E-state index in [1.807, 2.05) is 4.90 Å². The van der Waals surface area contributed by atoms with Crippen molar-refractivity contribution in [3.8, 4) is 5.75 Å². The van der Waals surface area contributed by atoms with Crippen LogP contribution in [-0.4, -0.2) is 56.5 Å². The van der Waals surface area contributed by atoms with Crippen LogP contribution in [-0.2, 0) is 9.59 Å². The third kappa shape index (κ3) is 3.28. The molecule has 1 N–H and O–H groups in total. The first kappa shape index (κ1) is 16.1. The van der Waals surface area contributed by atoms with Crippen LogP contribution in [0.1, 0.15) is 6.42 Å². The van der Waals surface area contributed by atoms with Crippen LogP contribution in [0.4, 0.5) is 5.69 Å². The summed E-state index contributed by atoms with van der Waals surface area (Å²) in [6, 6.07) is 5.23. The smallest absolute Gasteiger partial charge is 0.228 e. The first-order chi connectivity index (χ1) is 11.1. The molecule has 0 aliphatic carbocycles. The summed E-state index contributed by atoms with van der Waals surface area (Å²) in [5, 5.41) is 3.68. The molecular weight excluding hydrogens is 318 g/mol. The molecule has 2 amide bonds. The van der Waals surface area contributed by atoms with Crippen molar-refractivity contribution in [3.05, 3.63) is 23.2 Å². The largest absolute Gasteiger partial charge is 0.495 e. The van der Waals surface area contributed by atoms with Crippen LogP contribution in [0.3, 0.4) is 0 Å². The monoisotopic (exact) mass is 337 g/mol. The van der Waals surface area contributed by atoms with Crippen LogP contribution in [0.25, 0.3) is 0 Å². The molecule has 1 aromatic rings. The lowest BCUT2D eigenvalue weighted by Crippen LogP contribution is -2.48. The Balaban J connectivity index is 1.72. The Bertz CT molecular complexity index is 617. The van der Waals surface area contributed by atoms with Crippen molar-refractivity contribution in [1.29, 1.82) is 0 Å². The second-order valence-electron chi connectivity index (χ2n) is 5.80. The quantitative estimate of drug-likeness (QED) is 0.898. The molecule has 2 aliphatic rings. The normalized spacial score (nSPS) is 21.7. The molecular formula is C16H20ClN3O3. The minimum absolute atomic E-state index is 0.0419. The molecule has 2 fully saturated rings. The summed E-state index contributed by atoms with van der Waals surface area (Å²) in [4.78, 5) is 28.4. The fourth-order valence-corrected chi connectivity index (χ4v) is 3.34. The maximum atomic E-state index is 12.6. The lowest BCUT2D eigenvalue weighted by Gasteiger charge is -2.29. The molecule has 1 aromatic carbocycles. The lowest BCUT2D eigenvalue weighted by molar-refractivity contribution is -0.136. The second kappa shape index (κ2) is 6.76. The average molecular weight is 338 g/mol. The van der Waals surface area contributed by atoms with E-state index in [-0.39, 0.29) is 24.2 Å². The molecule has 3 rings (SSSR count). The summed E-state index contributed by atoms with van der Waals surface area (Å²) in [7, 11) is 1.55. The van der Waals surface area contributed by atoms with Crippen molar-refractivity contribution in [1.82, 2.24) is 10.2 Å². The predicted octanol–water partition coefficient (Wildman–Crippen LogP) is 1.13. The van der Waals surface area contributed by atoms with Crippen molar-refractivity contribution in [2.24, 2.45) is 5.92 Å². The van der Waals surface area contributed by atoms with Crippen molar-refractivity contribution < 1.29 is 14.3 Å². The summed E-state index contributed by atoms with van der Waals surface area (Å²) in [5.74, 6) is 0.318. The van der Waals surface area contributed by atoms with Crippen molar-refractivity contribution in [2.75, 3.05) is 44.7 Å². The highest BCUT2D eigenvalue weighted by molar-refractivity contribution is 6.32. The number of amides is 2. The van der Waals surface area contributed by atoms with E-state index in [4.69, 9.17) is 16.3 Å². The number of piperazine rings is 1. The zero-order valence-corrected chi connectivity index (χ0v) is 13.8. The van der Waals surface area contributed by atoms with Gasteiger partial charge in [0.1, 0.15) is 5.75 Å². The number of methoxy groups -OCH3 is 1. The van der Waals surface area contributed by atoms with Gasteiger partial charge in [-0.1, -0.05) is 11.6 Å². The van der Waals surface area contributed by atoms with Gasteiger partial charge in [0.05, 0.1) is 18.1 Å². The SMILES string of the molecule is COc1ccc(N2C[C@H](C(=O)N3CCNCC3)CC2=O)cc1Cl. The standard InChI is InChI=1S/C16H20ClN3O3/c1-23-14-3-2-12(9-13(14)17)20-10-11(8-15(20)21)16(22)19-6-4-18-5-7-19/h2-3,9,11,18H,4-8,10H2,1H3/t11-/m1/s1. The summed E-state index contributed by atoms with van der Waals surface area (Å²) in [6.07, 6.45) is 0.256. The van der Waals surface area contributed by atoms with Gasteiger partial charge in [-0.15, -0.1) is 0 Å². The number of ether oxygens (including phenoxy) is 1. The van der Waals surface area contributed by atoms with Gasteiger partial charge in [-0.25, -0.2) is 0 Å². The molecule has 1 atom stereocenters. The number of carbonyl (C=O) groups is 2.